The van der Waals surface area contributed by atoms with Gasteiger partial charge in [-0.15, -0.1) is 0 Å². The maximum atomic E-state index is 12.6. The van der Waals surface area contributed by atoms with E-state index in [1.165, 1.54) is 194 Å². The first-order chi connectivity index (χ1) is 29.5. The summed E-state index contributed by atoms with van der Waals surface area (Å²) in [5, 5.41) is 0. The molecule has 0 radical (unpaired) electrons. The van der Waals surface area contributed by atoms with Crippen molar-refractivity contribution in [2.24, 2.45) is 11.8 Å². The third-order valence-electron chi connectivity index (χ3n) is 13.3. The lowest BCUT2D eigenvalue weighted by Gasteiger charge is -2.18. The maximum Gasteiger partial charge on any atom is 0.211 e. The van der Waals surface area contributed by atoms with Gasteiger partial charge in [0.1, 0.15) is 0 Å². The van der Waals surface area contributed by atoms with Crippen molar-refractivity contribution in [3.63, 3.8) is 0 Å². The molecule has 1 aliphatic rings. The third-order valence-corrected chi connectivity index (χ3v) is 13.3. The SMILES string of the molecule is CCCCCCCC=CCC(CCCC)CCc1ccccc1C1=C(CC)C(CCCCCC)=C(c2ccccc2CCC(CC=CCCCCCCC)CCCC)[N+]1=[N-]. The topological polar surface area (TPSA) is 25.3 Å². The van der Waals surface area contributed by atoms with Gasteiger partial charge in [0, 0.05) is 22.3 Å². The van der Waals surface area contributed by atoms with Crippen LogP contribution in [0.25, 0.3) is 16.9 Å². The Hall–Kier alpha value is -3.00. The molecule has 0 fully saturated rings. The van der Waals surface area contributed by atoms with Gasteiger partial charge in [0.25, 0.3) is 0 Å². The zero-order valence-electron chi connectivity index (χ0n) is 40.2. The van der Waals surface area contributed by atoms with Crippen molar-refractivity contribution in [3.05, 3.63) is 112 Å². The summed E-state index contributed by atoms with van der Waals surface area (Å²) in [6, 6.07) is 18.1. The lowest BCUT2D eigenvalue weighted by Crippen LogP contribution is -2.09. The van der Waals surface area contributed by atoms with Gasteiger partial charge in [-0.3, -0.25) is 0 Å². The van der Waals surface area contributed by atoms with E-state index in [9.17, 15) is 5.53 Å². The van der Waals surface area contributed by atoms with Crippen molar-refractivity contribution < 1.29 is 4.70 Å². The van der Waals surface area contributed by atoms with Crippen molar-refractivity contribution in [1.82, 2.24) is 0 Å². The number of rotatable bonds is 36. The Labute approximate surface area is 372 Å². The number of benzene rings is 2. The molecule has 2 atom stereocenters. The van der Waals surface area contributed by atoms with Crippen molar-refractivity contribution in [1.29, 1.82) is 0 Å². The minimum atomic E-state index is 0.699. The van der Waals surface area contributed by atoms with E-state index in [0.717, 1.165) is 43.5 Å². The normalized spacial score (nSPS) is 14.5. The molecule has 0 saturated heterocycles. The fourth-order valence-electron chi connectivity index (χ4n) is 9.53. The number of aryl methyl sites for hydroxylation is 2. The maximum absolute atomic E-state index is 12.6. The summed E-state index contributed by atoms with van der Waals surface area (Å²) in [7, 11) is 0. The quantitative estimate of drug-likeness (QED) is 0.0372. The van der Waals surface area contributed by atoms with Gasteiger partial charge in [0.2, 0.25) is 11.4 Å². The predicted octanol–water partition coefficient (Wildman–Crippen LogP) is 19.3. The Balaban J connectivity index is 1.87. The molecule has 0 spiro atoms. The molecular formula is C58H92N2. The van der Waals surface area contributed by atoms with E-state index >= 15 is 0 Å². The average molecular weight is 817 g/mol. The van der Waals surface area contributed by atoms with Crippen LogP contribution in [0.4, 0.5) is 0 Å². The molecule has 2 nitrogen and oxygen atoms in total. The first-order valence-electron chi connectivity index (χ1n) is 26.0. The van der Waals surface area contributed by atoms with Crippen LogP contribution in [-0.2, 0) is 12.8 Å². The van der Waals surface area contributed by atoms with E-state index in [-0.39, 0.29) is 0 Å². The highest BCUT2D eigenvalue weighted by atomic mass is 15.2. The Morgan fingerprint density at radius 2 is 0.850 bits per heavy atom. The van der Waals surface area contributed by atoms with E-state index in [1.54, 1.807) is 4.70 Å². The lowest BCUT2D eigenvalue weighted by molar-refractivity contribution is -0.345. The highest BCUT2D eigenvalue weighted by molar-refractivity contribution is 5.83. The van der Waals surface area contributed by atoms with Crippen LogP contribution in [0.15, 0.2) is 84.0 Å². The van der Waals surface area contributed by atoms with Gasteiger partial charge in [-0.05, 0) is 119 Å². The van der Waals surface area contributed by atoms with Crippen molar-refractivity contribution >= 4 is 11.4 Å². The molecule has 1 aliphatic heterocycles. The first-order valence-corrected chi connectivity index (χ1v) is 26.0. The molecule has 2 heteroatoms. The molecular weight excluding hydrogens is 725 g/mol. The van der Waals surface area contributed by atoms with Gasteiger partial charge in [-0.25, -0.2) is 4.70 Å². The molecule has 0 bridgehead atoms. The third kappa shape index (κ3) is 18.5. The fourth-order valence-corrected chi connectivity index (χ4v) is 9.53. The van der Waals surface area contributed by atoms with Gasteiger partial charge in [0.15, 0.2) is 0 Å². The van der Waals surface area contributed by atoms with Crippen molar-refractivity contribution in [2.75, 3.05) is 0 Å². The van der Waals surface area contributed by atoms with E-state index in [4.69, 9.17) is 0 Å². The highest BCUT2D eigenvalue weighted by Crippen LogP contribution is 2.45. The first kappa shape index (κ1) is 51.4. The Morgan fingerprint density at radius 3 is 1.30 bits per heavy atom. The second-order valence-electron chi connectivity index (χ2n) is 18.4. The van der Waals surface area contributed by atoms with Crippen LogP contribution in [0.3, 0.4) is 0 Å². The molecule has 0 amide bonds. The van der Waals surface area contributed by atoms with Gasteiger partial charge < -0.3 is 5.53 Å². The molecule has 2 aromatic rings. The van der Waals surface area contributed by atoms with Crippen molar-refractivity contribution in [3.8, 4) is 0 Å². The second kappa shape index (κ2) is 32.7. The molecule has 0 N–H and O–H groups in total. The van der Waals surface area contributed by atoms with E-state index < -0.39 is 0 Å². The molecule has 334 valence electrons. The van der Waals surface area contributed by atoms with Crippen LogP contribution >= 0.6 is 0 Å². The smallest absolute Gasteiger partial charge is 0.211 e. The summed E-state index contributed by atoms with van der Waals surface area (Å²) < 4.78 is 1.65. The molecule has 0 aromatic heterocycles. The Bertz CT molecular complexity index is 1570. The van der Waals surface area contributed by atoms with Gasteiger partial charge >= 0.3 is 0 Å². The Morgan fingerprint density at radius 1 is 0.433 bits per heavy atom. The highest BCUT2D eigenvalue weighted by Gasteiger charge is 2.36. The summed E-state index contributed by atoms with van der Waals surface area (Å²) in [4.78, 5) is 0. The van der Waals surface area contributed by atoms with Crippen LogP contribution in [0.1, 0.15) is 244 Å². The van der Waals surface area contributed by atoms with Crippen LogP contribution in [-0.4, -0.2) is 4.70 Å². The summed E-state index contributed by atoms with van der Waals surface area (Å²) in [5.74, 6) is 1.40. The summed E-state index contributed by atoms with van der Waals surface area (Å²) in [6.07, 6.45) is 47.3. The van der Waals surface area contributed by atoms with E-state index in [2.05, 4.69) is 114 Å². The van der Waals surface area contributed by atoms with Gasteiger partial charge in [-0.1, -0.05) is 211 Å². The summed E-state index contributed by atoms with van der Waals surface area (Å²) in [6.45, 7) is 13.9. The zero-order valence-corrected chi connectivity index (χ0v) is 40.2. The average Bonchev–Trinajstić information content (AvgIpc) is 3.55. The number of allylic oxidation sites excluding steroid dienone is 6. The van der Waals surface area contributed by atoms with Gasteiger partial charge in [-0.2, -0.15) is 0 Å². The summed E-state index contributed by atoms with van der Waals surface area (Å²) >= 11 is 0. The number of unbranched alkanes of at least 4 members (excludes halogenated alkanes) is 15. The molecule has 2 unspecified atom stereocenters. The predicted molar refractivity (Wildman–Crippen MR) is 266 cm³/mol. The number of nitrogens with zero attached hydrogens (tertiary/aromatic N) is 2. The van der Waals surface area contributed by atoms with E-state index in [1.807, 2.05) is 0 Å². The molecule has 0 saturated carbocycles. The monoisotopic (exact) mass is 817 g/mol. The van der Waals surface area contributed by atoms with Crippen molar-refractivity contribution in [2.45, 2.75) is 234 Å². The number of hydrogen-bond donors (Lipinski definition) is 0. The molecule has 2 aromatic carbocycles. The lowest BCUT2D eigenvalue weighted by atomic mass is 9.87. The molecule has 60 heavy (non-hydrogen) atoms. The number of hydrogen-bond acceptors (Lipinski definition) is 0. The minimum absolute atomic E-state index is 0.699. The van der Waals surface area contributed by atoms with Crippen LogP contribution in [0.2, 0.25) is 0 Å². The minimum Gasteiger partial charge on any atom is -0.493 e. The fraction of sp³-hybridized carbons (Fsp3) is 0.655. The van der Waals surface area contributed by atoms with E-state index in [0.29, 0.717) is 11.8 Å². The molecule has 3 rings (SSSR count). The zero-order chi connectivity index (χ0) is 43.0. The standard InChI is InChI=1S/C58H92N2/c1-7-13-18-21-23-25-27-29-38-49(36-16-10-4)45-47-51-40-32-34-42-54(51)57-53(12-6)56(44-31-20-15-9-3)58(60(57)59)55-43-35-33-41-52(55)48-46-50(37-17-11-5)39-30-28-26-24-22-19-14-8-2/h27-30,32-35,40-43,49-50H,7-26,31,36-39,44-48H2,1-6H3. The van der Waals surface area contributed by atoms with Gasteiger partial charge in [0.05, 0.1) is 0 Å². The largest absolute Gasteiger partial charge is 0.493 e. The summed E-state index contributed by atoms with van der Waals surface area (Å²) in [5.41, 5.74) is 22.7. The molecule has 0 aliphatic carbocycles. The second-order valence-corrected chi connectivity index (χ2v) is 18.4. The van der Waals surface area contributed by atoms with Crippen LogP contribution < -0.4 is 0 Å². The molecule has 1 heterocycles. The van der Waals surface area contributed by atoms with Crippen LogP contribution in [0, 0.1) is 11.8 Å². The van der Waals surface area contributed by atoms with Crippen LogP contribution in [0.5, 0.6) is 0 Å². The Kier molecular flexibility index (Phi) is 28.0.